The van der Waals surface area contributed by atoms with E-state index in [9.17, 15) is 18.4 Å². The highest BCUT2D eigenvalue weighted by molar-refractivity contribution is 5.97. The molecule has 1 saturated heterocycles. The van der Waals surface area contributed by atoms with E-state index in [2.05, 4.69) is 11.4 Å². The van der Waals surface area contributed by atoms with Crippen molar-refractivity contribution in [2.45, 2.75) is 25.3 Å². The van der Waals surface area contributed by atoms with Gasteiger partial charge in [-0.15, -0.1) is 0 Å². The van der Waals surface area contributed by atoms with Gasteiger partial charge in [-0.05, 0) is 30.7 Å². The normalized spacial score (nSPS) is 17.3. The van der Waals surface area contributed by atoms with Gasteiger partial charge in [-0.3, -0.25) is 9.59 Å². The molecule has 30 heavy (non-hydrogen) atoms. The van der Waals surface area contributed by atoms with E-state index in [4.69, 9.17) is 10.5 Å². The predicted molar refractivity (Wildman–Crippen MR) is 103 cm³/mol. The lowest BCUT2D eigenvalue weighted by atomic mass is 10.0. The fourth-order valence-electron chi connectivity index (χ4n) is 3.53. The summed E-state index contributed by atoms with van der Waals surface area (Å²) in [5.74, 6) is -4.37. The van der Waals surface area contributed by atoms with Gasteiger partial charge in [-0.25, -0.2) is 8.78 Å². The number of rotatable bonds is 4. The Morgan fingerprint density at radius 1 is 1.30 bits per heavy atom. The number of nitriles is 2. The Labute approximate surface area is 172 Å². The van der Waals surface area contributed by atoms with Crippen molar-refractivity contribution in [1.29, 1.82) is 10.5 Å². The van der Waals surface area contributed by atoms with Gasteiger partial charge < -0.3 is 14.8 Å². The van der Waals surface area contributed by atoms with Crippen molar-refractivity contribution in [3.05, 3.63) is 47.2 Å². The van der Waals surface area contributed by atoms with Crippen LogP contribution in [0.5, 0.6) is 0 Å². The van der Waals surface area contributed by atoms with Crippen LogP contribution in [0.25, 0.3) is 11.3 Å². The number of alkyl halides is 2. The number of hydrogen-bond acceptors (Lipinski definition) is 4. The molecule has 1 aromatic heterocycles. The Kier molecular flexibility index (Phi) is 5.57. The molecular weight excluding hydrogens is 392 g/mol. The Hall–Kier alpha value is -3.72. The minimum Gasteiger partial charge on any atom is -0.350 e. The molecular formula is C21H19F2N5O2. The number of carbonyl (C=O) groups is 2. The molecule has 1 N–H and O–H groups in total. The predicted octanol–water partition coefficient (Wildman–Crippen LogP) is 2.36. The van der Waals surface area contributed by atoms with Gasteiger partial charge in [0.15, 0.2) is 0 Å². The molecule has 1 aromatic carbocycles. The van der Waals surface area contributed by atoms with Crippen LogP contribution in [0.3, 0.4) is 0 Å². The van der Waals surface area contributed by atoms with Crippen LogP contribution in [-0.2, 0) is 11.8 Å². The molecule has 0 aliphatic carbocycles. The molecule has 0 saturated carbocycles. The molecule has 2 aromatic rings. The van der Waals surface area contributed by atoms with E-state index in [1.807, 2.05) is 6.92 Å². The number of aromatic nitrogens is 1. The summed E-state index contributed by atoms with van der Waals surface area (Å²) in [7, 11) is 1.76. The number of likely N-dealkylation sites (tertiary alicyclic amines) is 1. The molecule has 2 amide bonds. The van der Waals surface area contributed by atoms with Crippen molar-refractivity contribution in [2.24, 2.45) is 7.05 Å². The monoisotopic (exact) mass is 411 g/mol. The van der Waals surface area contributed by atoms with Crippen LogP contribution in [0.1, 0.15) is 27.9 Å². The zero-order valence-corrected chi connectivity index (χ0v) is 16.4. The number of carbonyl (C=O) groups excluding carboxylic acids is 2. The summed E-state index contributed by atoms with van der Waals surface area (Å²) in [6.45, 7) is 0.555. The van der Waals surface area contributed by atoms with Crippen LogP contribution in [-0.4, -0.2) is 46.3 Å². The summed E-state index contributed by atoms with van der Waals surface area (Å²) < 4.78 is 28.7. The van der Waals surface area contributed by atoms with Crippen LogP contribution < -0.4 is 5.32 Å². The molecule has 0 unspecified atom stereocenters. The first-order chi connectivity index (χ1) is 14.1. The number of nitrogens with zero attached hydrogens (tertiary/aromatic N) is 4. The summed E-state index contributed by atoms with van der Waals surface area (Å²) in [6.07, 6.45) is 0.893. The van der Waals surface area contributed by atoms with Gasteiger partial charge in [0.05, 0.1) is 36.4 Å². The van der Waals surface area contributed by atoms with Crippen molar-refractivity contribution in [3.8, 4) is 23.4 Å². The van der Waals surface area contributed by atoms with Crippen LogP contribution in [0.4, 0.5) is 8.78 Å². The molecule has 1 fully saturated rings. The van der Waals surface area contributed by atoms with Gasteiger partial charge in [-0.1, -0.05) is 6.07 Å². The maximum absolute atomic E-state index is 13.5. The third-order valence-corrected chi connectivity index (χ3v) is 5.04. The zero-order chi connectivity index (χ0) is 22.1. The van der Waals surface area contributed by atoms with Crippen LogP contribution >= 0.6 is 0 Å². The highest BCUT2D eigenvalue weighted by atomic mass is 19.3. The molecule has 1 atom stereocenters. The number of halogens is 2. The summed E-state index contributed by atoms with van der Waals surface area (Å²) in [5.41, 5.74) is 3.30. The first-order valence-corrected chi connectivity index (χ1v) is 9.18. The molecule has 7 nitrogen and oxygen atoms in total. The first kappa shape index (κ1) is 21.0. The zero-order valence-electron chi connectivity index (χ0n) is 16.4. The average Bonchev–Trinajstić information content (AvgIpc) is 3.24. The van der Waals surface area contributed by atoms with E-state index in [1.165, 1.54) is 0 Å². The maximum Gasteiger partial charge on any atom is 0.268 e. The van der Waals surface area contributed by atoms with Gasteiger partial charge in [-0.2, -0.15) is 10.5 Å². The summed E-state index contributed by atoms with van der Waals surface area (Å²) in [4.78, 5) is 25.5. The number of benzene rings is 1. The summed E-state index contributed by atoms with van der Waals surface area (Å²) >= 11 is 0. The van der Waals surface area contributed by atoms with E-state index < -0.39 is 43.3 Å². The topological polar surface area (TPSA) is 102 Å². The number of aryl methyl sites for hydroxylation is 2. The quantitative estimate of drug-likeness (QED) is 0.834. The average molecular weight is 411 g/mol. The first-order valence-electron chi connectivity index (χ1n) is 9.18. The van der Waals surface area contributed by atoms with Gasteiger partial charge in [0.2, 0.25) is 5.91 Å². The standard InChI is InChI=1S/C21H19F2N5O2/c1-13-5-14(8-24)3-4-17(13)18-6-15(11-27(18)2)20(30)26-10-19(29)28-12-21(22,23)7-16(28)9-25/h3-6,11,16H,7,10,12H2,1-2H3,(H,26,30)/t16-/m0/s1. The molecule has 2 heterocycles. The van der Waals surface area contributed by atoms with E-state index in [-0.39, 0.29) is 0 Å². The van der Waals surface area contributed by atoms with Crippen LogP contribution in [0.15, 0.2) is 30.5 Å². The maximum atomic E-state index is 13.5. The van der Waals surface area contributed by atoms with Gasteiger partial charge in [0, 0.05) is 30.9 Å². The second kappa shape index (κ2) is 7.96. The third kappa shape index (κ3) is 4.15. The highest BCUT2D eigenvalue weighted by Crippen LogP contribution is 2.31. The summed E-state index contributed by atoms with van der Waals surface area (Å²) in [6, 6.07) is 9.45. The molecule has 0 bridgehead atoms. The Balaban J connectivity index is 1.70. The molecule has 9 heteroatoms. The van der Waals surface area contributed by atoms with Crippen molar-refractivity contribution in [1.82, 2.24) is 14.8 Å². The Bertz CT molecular complexity index is 1090. The lowest BCUT2D eigenvalue weighted by Crippen LogP contribution is -2.42. The van der Waals surface area contributed by atoms with E-state index in [0.717, 1.165) is 21.7 Å². The fourth-order valence-corrected chi connectivity index (χ4v) is 3.53. The largest absolute Gasteiger partial charge is 0.350 e. The van der Waals surface area contributed by atoms with Gasteiger partial charge in [0.1, 0.15) is 6.04 Å². The number of nitrogens with one attached hydrogen (secondary N) is 1. The van der Waals surface area contributed by atoms with Crippen molar-refractivity contribution >= 4 is 11.8 Å². The third-order valence-electron chi connectivity index (χ3n) is 5.04. The van der Waals surface area contributed by atoms with Crippen LogP contribution in [0.2, 0.25) is 0 Å². The smallest absolute Gasteiger partial charge is 0.268 e. The highest BCUT2D eigenvalue weighted by Gasteiger charge is 2.47. The molecule has 3 rings (SSSR count). The number of hydrogen-bond donors (Lipinski definition) is 1. The molecule has 1 aliphatic heterocycles. The van der Waals surface area contributed by atoms with E-state index in [1.54, 1.807) is 48.1 Å². The minimum atomic E-state index is -3.10. The van der Waals surface area contributed by atoms with E-state index in [0.29, 0.717) is 11.1 Å². The molecule has 0 spiro atoms. The van der Waals surface area contributed by atoms with Gasteiger partial charge in [0.25, 0.3) is 11.8 Å². The summed E-state index contributed by atoms with van der Waals surface area (Å²) in [5, 5.41) is 20.4. The minimum absolute atomic E-state index is 0.299. The molecule has 154 valence electrons. The number of amides is 2. The fraction of sp³-hybridized carbons (Fsp3) is 0.333. The lowest BCUT2D eigenvalue weighted by Gasteiger charge is -2.19. The Morgan fingerprint density at radius 3 is 2.67 bits per heavy atom. The second-order valence-electron chi connectivity index (χ2n) is 7.28. The molecule has 1 aliphatic rings. The van der Waals surface area contributed by atoms with Crippen LogP contribution in [0, 0.1) is 29.6 Å². The second-order valence-corrected chi connectivity index (χ2v) is 7.28. The van der Waals surface area contributed by atoms with Crippen molar-refractivity contribution < 1.29 is 18.4 Å². The SMILES string of the molecule is Cc1cc(C#N)ccc1-c1cc(C(=O)NCC(=O)N2CC(F)(F)C[C@H]2C#N)cn1C. The Morgan fingerprint density at radius 2 is 2.03 bits per heavy atom. The van der Waals surface area contributed by atoms with Crippen molar-refractivity contribution in [2.75, 3.05) is 13.1 Å². The molecule has 0 radical (unpaired) electrons. The van der Waals surface area contributed by atoms with Gasteiger partial charge >= 0.3 is 0 Å². The van der Waals surface area contributed by atoms with Crippen molar-refractivity contribution in [3.63, 3.8) is 0 Å². The lowest BCUT2D eigenvalue weighted by molar-refractivity contribution is -0.131. The van der Waals surface area contributed by atoms with E-state index >= 15 is 0 Å².